The minimum absolute atomic E-state index is 0.211. The van der Waals surface area contributed by atoms with E-state index in [1.165, 1.54) is 0 Å². The van der Waals surface area contributed by atoms with Gasteiger partial charge < -0.3 is 10.4 Å². The topological polar surface area (TPSA) is 58.0 Å². The molecule has 18 heavy (non-hydrogen) atoms. The number of hydrogen-bond donors (Lipinski definition) is 2. The van der Waals surface area contributed by atoms with Crippen molar-refractivity contribution in [1.29, 1.82) is 0 Å². The van der Waals surface area contributed by atoms with Gasteiger partial charge in [0.25, 0.3) is 5.92 Å². The first-order chi connectivity index (χ1) is 8.53. The predicted molar refractivity (Wildman–Crippen MR) is 65.1 cm³/mol. The Morgan fingerprint density at radius 2 is 1.89 bits per heavy atom. The van der Waals surface area contributed by atoms with Gasteiger partial charge in [0.2, 0.25) is 0 Å². The number of anilines is 1. The molecule has 0 fully saturated rings. The summed E-state index contributed by atoms with van der Waals surface area (Å²) in [4.78, 5) is 0. The number of halogens is 3. The van der Waals surface area contributed by atoms with Crippen LogP contribution in [0.15, 0.2) is 24.3 Å². The van der Waals surface area contributed by atoms with Crippen molar-refractivity contribution < 1.29 is 13.9 Å². The number of fused-ring (bicyclic) bond motifs is 1. The lowest BCUT2D eigenvalue weighted by Gasteiger charge is -2.15. The summed E-state index contributed by atoms with van der Waals surface area (Å²) in [5, 5.41) is 19.8. The van der Waals surface area contributed by atoms with E-state index in [-0.39, 0.29) is 11.0 Å². The highest BCUT2D eigenvalue weighted by Crippen LogP contribution is 2.26. The molecular formula is C11H10ClF2N3O. The van der Waals surface area contributed by atoms with Gasteiger partial charge in [0.1, 0.15) is 6.61 Å². The molecule has 2 aromatic rings. The van der Waals surface area contributed by atoms with E-state index in [1.807, 2.05) is 0 Å². The van der Waals surface area contributed by atoms with Gasteiger partial charge in [-0.15, -0.1) is 10.2 Å². The first-order valence-corrected chi connectivity index (χ1v) is 5.55. The Labute approximate surface area is 107 Å². The third-order valence-corrected chi connectivity index (χ3v) is 2.67. The molecule has 0 aliphatic rings. The fourth-order valence-electron chi connectivity index (χ4n) is 1.47. The van der Waals surface area contributed by atoms with E-state index < -0.39 is 19.1 Å². The van der Waals surface area contributed by atoms with Crippen LogP contribution in [0, 0.1) is 0 Å². The molecule has 0 aliphatic heterocycles. The van der Waals surface area contributed by atoms with Crippen LogP contribution in [0.5, 0.6) is 0 Å². The van der Waals surface area contributed by atoms with Gasteiger partial charge in [0, 0.05) is 10.8 Å². The van der Waals surface area contributed by atoms with Crippen molar-refractivity contribution in [2.24, 2.45) is 0 Å². The second-order valence-corrected chi connectivity index (χ2v) is 4.11. The number of nitrogens with zero attached hydrogens (tertiary/aromatic N) is 2. The first-order valence-electron chi connectivity index (χ1n) is 5.17. The fourth-order valence-corrected chi connectivity index (χ4v) is 1.67. The molecule has 1 aromatic carbocycles. The Kier molecular flexibility index (Phi) is 3.58. The molecule has 2 rings (SSSR count). The predicted octanol–water partition coefficient (Wildman–Crippen LogP) is 2.32. The number of nitrogens with one attached hydrogen (secondary N) is 1. The zero-order valence-electron chi connectivity index (χ0n) is 9.20. The van der Waals surface area contributed by atoms with Crippen LogP contribution in [0.25, 0.3) is 10.8 Å². The molecule has 2 N–H and O–H groups in total. The standard InChI is InChI=1S/C11H10ClF2N3O/c12-9-7-3-1-2-4-8(7)10(17-16-9)15-5-11(13,14)6-18/h1-4,18H,5-6H2,(H,15,17). The Balaban J connectivity index is 2.32. The number of alkyl halides is 2. The van der Waals surface area contributed by atoms with Gasteiger partial charge in [0.15, 0.2) is 11.0 Å². The summed E-state index contributed by atoms with van der Waals surface area (Å²) in [6.07, 6.45) is 0. The zero-order valence-corrected chi connectivity index (χ0v) is 9.96. The highest BCUT2D eigenvalue weighted by Gasteiger charge is 2.27. The molecule has 4 nitrogen and oxygen atoms in total. The molecule has 0 unspecified atom stereocenters. The second kappa shape index (κ2) is 4.99. The Morgan fingerprint density at radius 3 is 2.56 bits per heavy atom. The van der Waals surface area contributed by atoms with Crippen molar-refractivity contribution in [3.8, 4) is 0 Å². The van der Waals surface area contributed by atoms with Crippen molar-refractivity contribution in [3.63, 3.8) is 0 Å². The molecule has 1 heterocycles. The van der Waals surface area contributed by atoms with Crippen LogP contribution < -0.4 is 5.32 Å². The summed E-state index contributed by atoms with van der Waals surface area (Å²) in [5.41, 5.74) is 0. The maximum Gasteiger partial charge on any atom is 0.287 e. The maximum atomic E-state index is 12.9. The maximum absolute atomic E-state index is 12.9. The van der Waals surface area contributed by atoms with E-state index >= 15 is 0 Å². The molecule has 0 radical (unpaired) electrons. The summed E-state index contributed by atoms with van der Waals surface area (Å²) >= 11 is 5.86. The highest BCUT2D eigenvalue weighted by atomic mass is 35.5. The van der Waals surface area contributed by atoms with E-state index in [0.29, 0.717) is 10.8 Å². The molecular weight excluding hydrogens is 264 g/mol. The third-order valence-electron chi connectivity index (χ3n) is 2.39. The van der Waals surface area contributed by atoms with Gasteiger partial charge in [-0.1, -0.05) is 35.9 Å². The van der Waals surface area contributed by atoms with Crippen LogP contribution in [0.4, 0.5) is 14.6 Å². The third kappa shape index (κ3) is 2.65. The fraction of sp³-hybridized carbons (Fsp3) is 0.273. The molecule has 0 atom stereocenters. The Morgan fingerprint density at radius 1 is 1.22 bits per heavy atom. The Hall–Kier alpha value is -1.53. The van der Waals surface area contributed by atoms with E-state index in [0.717, 1.165) is 0 Å². The van der Waals surface area contributed by atoms with Crippen molar-refractivity contribution in [3.05, 3.63) is 29.4 Å². The van der Waals surface area contributed by atoms with Crippen molar-refractivity contribution in [2.45, 2.75) is 5.92 Å². The minimum atomic E-state index is -3.21. The SMILES string of the molecule is OCC(F)(F)CNc1nnc(Cl)c2ccccc12. The van der Waals surface area contributed by atoms with Crippen LogP contribution in [0.1, 0.15) is 0 Å². The van der Waals surface area contributed by atoms with Gasteiger partial charge in [-0.3, -0.25) is 0 Å². The molecule has 0 saturated carbocycles. The summed E-state index contributed by atoms with van der Waals surface area (Å²) < 4.78 is 25.9. The number of aliphatic hydroxyl groups excluding tert-OH is 1. The lowest BCUT2D eigenvalue weighted by molar-refractivity contribution is -0.0373. The van der Waals surface area contributed by atoms with Crippen LogP contribution in [0.3, 0.4) is 0 Å². The van der Waals surface area contributed by atoms with E-state index in [2.05, 4.69) is 15.5 Å². The molecule has 0 saturated heterocycles. The van der Waals surface area contributed by atoms with Gasteiger partial charge in [-0.25, -0.2) is 8.78 Å². The van der Waals surface area contributed by atoms with Crippen LogP contribution in [-0.4, -0.2) is 34.4 Å². The smallest absolute Gasteiger partial charge is 0.287 e. The van der Waals surface area contributed by atoms with Crippen LogP contribution in [0.2, 0.25) is 5.15 Å². The molecule has 7 heteroatoms. The van der Waals surface area contributed by atoms with Gasteiger partial charge in [-0.05, 0) is 0 Å². The summed E-state index contributed by atoms with van der Waals surface area (Å²) in [6.45, 7) is -1.94. The lowest BCUT2D eigenvalue weighted by atomic mass is 10.2. The Bertz CT molecular complexity index is 565. The van der Waals surface area contributed by atoms with Gasteiger partial charge in [0.05, 0.1) is 6.54 Å². The summed E-state index contributed by atoms with van der Waals surface area (Å²) in [5.74, 6) is -2.99. The van der Waals surface area contributed by atoms with Gasteiger partial charge >= 0.3 is 0 Å². The van der Waals surface area contributed by atoms with Crippen molar-refractivity contribution >= 4 is 28.2 Å². The average Bonchev–Trinajstić information content (AvgIpc) is 2.38. The lowest BCUT2D eigenvalue weighted by Crippen LogP contribution is -2.31. The van der Waals surface area contributed by atoms with E-state index in [9.17, 15) is 8.78 Å². The number of aliphatic hydroxyl groups is 1. The number of hydrogen-bond acceptors (Lipinski definition) is 4. The molecule has 0 bridgehead atoms. The molecule has 0 amide bonds. The van der Waals surface area contributed by atoms with Crippen LogP contribution >= 0.6 is 11.6 Å². The number of rotatable bonds is 4. The minimum Gasteiger partial charge on any atom is -0.390 e. The summed E-state index contributed by atoms with van der Waals surface area (Å²) in [7, 11) is 0. The summed E-state index contributed by atoms with van der Waals surface area (Å²) in [6, 6.07) is 6.94. The van der Waals surface area contributed by atoms with Gasteiger partial charge in [-0.2, -0.15) is 0 Å². The van der Waals surface area contributed by atoms with Crippen LogP contribution in [-0.2, 0) is 0 Å². The molecule has 96 valence electrons. The highest BCUT2D eigenvalue weighted by molar-refractivity contribution is 6.34. The van der Waals surface area contributed by atoms with Crippen molar-refractivity contribution in [2.75, 3.05) is 18.5 Å². The number of aromatic nitrogens is 2. The van der Waals surface area contributed by atoms with E-state index in [4.69, 9.17) is 16.7 Å². The monoisotopic (exact) mass is 273 g/mol. The molecule has 0 spiro atoms. The zero-order chi connectivity index (χ0) is 13.2. The molecule has 1 aromatic heterocycles. The first kappa shape index (κ1) is 12.9. The average molecular weight is 274 g/mol. The van der Waals surface area contributed by atoms with E-state index in [1.54, 1.807) is 24.3 Å². The quantitative estimate of drug-likeness (QED) is 0.898. The second-order valence-electron chi connectivity index (χ2n) is 3.75. The largest absolute Gasteiger partial charge is 0.390 e. The van der Waals surface area contributed by atoms with Crippen molar-refractivity contribution in [1.82, 2.24) is 10.2 Å². The number of benzene rings is 1. The normalized spacial score (nSPS) is 11.8. The molecule has 0 aliphatic carbocycles.